The van der Waals surface area contributed by atoms with Gasteiger partial charge in [-0.05, 0) is 35.4 Å². The second-order valence-electron chi connectivity index (χ2n) is 6.99. The fraction of sp³-hybridized carbons (Fsp3) is 0.182. The number of carbonyl (C=O) groups excluding carboxylic acids is 1. The number of ether oxygens (including phenoxy) is 1. The first-order chi connectivity index (χ1) is 13.9. The van der Waals surface area contributed by atoms with Crippen LogP contribution in [-0.2, 0) is 23.3 Å². The molecule has 5 nitrogen and oxygen atoms in total. The van der Waals surface area contributed by atoms with Crippen molar-refractivity contribution in [2.45, 2.75) is 18.6 Å². The van der Waals surface area contributed by atoms with E-state index in [1.165, 1.54) is 31.4 Å². The molecule has 0 unspecified atom stereocenters. The highest BCUT2D eigenvalue weighted by Gasteiger charge is 2.38. The van der Waals surface area contributed by atoms with Crippen molar-refractivity contribution in [2.24, 2.45) is 5.73 Å². The number of methoxy groups -OCH3 is 1. The molecule has 0 radical (unpaired) electrons. The van der Waals surface area contributed by atoms with Crippen molar-refractivity contribution in [2.75, 3.05) is 7.11 Å². The Morgan fingerprint density at radius 1 is 1.10 bits per heavy atom. The van der Waals surface area contributed by atoms with E-state index < -0.39 is 11.3 Å². The van der Waals surface area contributed by atoms with Gasteiger partial charge in [-0.15, -0.1) is 0 Å². The average Bonchev–Trinajstić information content (AvgIpc) is 3.07. The molecule has 0 spiro atoms. The third-order valence-corrected chi connectivity index (χ3v) is 5.28. The first kappa shape index (κ1) is 19.0. The lowest BCUT2D eigenvalue weighted by molar-refractivity contribution is 0.0985. The second-order valence-corrected chi connectivity index (χ2v) is 6.99. The molecular weight excluding hydrogens is 376 g/mol. The number of hydrogen-bond acceptors (Lipinski definition) is 3. The van der Waals surface area contributed by atoms with Crippen molar-refractivity contribution in [3.8, 4) is 0 Å². The molecule has 148 valence electrons. The molecule has 0 bridgehead atoms. The first-order valence-electron chi connectivity index (χ1n) is 9.04. The lowest BCUT2D eigenvalue weighted by Crippen LogP contribution is -2.32. The van der Waals surface area contributed by atoms with Gasteiger partial charge >= 0.3 is 0 Å². The van der Waals surface area contributed by atoms with Gasteiger partial charge in [0.25, 0.3) is 5.91 Å². The maximum Gasteiger partial charge on any atom is 0.269 e. The van der Waals surface area contributed by atoms with Crippen molar-refractivity contribution in [3.63, 3.8) is 0 Å². The Labute approximate surface area is 166 Å². The van der Waals surface area contributed by atoms with Gasteiger partial charge in [-0.2, -0.15) is 5.10 Å². The molecule has 29 heavy (non-hydrogen) atoms. The van der Waals surface area contributed by atoms with Crippen molar-refractivity contribution < 1.29 is 18.3 Å². The fourth-order valence-electron chi connectivity index (χ4n) is 3.89. The molecule has 0 atom stereocenters. The minimum atomic E-state index is -0.700. The SMILES string of the molecule is COCn1nc(C(N)=O)c2c1CC(c1ccc(F)cc1)(c1ccc(F)cc1)C=C2. The van der Waals surface area contributed by atoms with E-state index in [2.05, 4.69) is 5.10 Å². The summed E-state index contributed by atoms with van der Waals surface area (Å²) in [6.45, 7) is 0.145. The molecule has 7 heteroatoms. The number of nitrogens with two attached hydrogens (primary N) is 1. The fourth-order valence-corrected chi connectivity index (χ4v) is 3.89. The van der Waals surface area contributed by atoms with Crippen LogP contribution in [0.4, 0.5) is 8.78 Å². The van der Waals surface area contributed by atoms with Gasteiger partial charge in [0, 0.05) is 24.5 Å². The zero-order chi connectivity index (χ0) is 20.6. The molecule has 3 aromatic rings. The van der Waals surface area contributed by atoms with E-state index in [1.807, 2.05) is 6.08 Å². The Kier molecular flexibility index (Phi) is 4.76. The Bertz CT molecular complexity index is 1040. The van der Waals surface area contributed by atoms with E-state index in [1.54, 1.807) is 35.0 Å². The normalized spacial score (nSPS) is 14.6. The monoisotopic (exact) mass is 395 g/mol. The van der Waals surface area contributed by atoms with Crippen molar-refractivity contribution in [1.29, 1.82) is 0 Å². The molecular formula is C22H19F2N3O2. The predicted octanol–water partition coefficient (Wildman–Crippen LogP) is 3.42. The van der Waals surface area contributed by atoms with Crippen LogP contribution in [0.3, 0.4) is 0 Å². The summed E-state index contributed by atoms with van der Waals surface area (Å²) in [5.41, 5.74) is 8.02. The molecule has 1 aliphatic rings. The molecule has 2 aromatic carbocycles. The van der Waals surface area contributed by atoms with Crippen LogP contribution in [-0.4, -0.2) is 22.8 Å². The molecule has 1 aromatic heterocycles. The van der Waals surface area contributed by atoms with Crippen LogP contribution < -0.4 is 5.73 Å². The van der Waals surface area contributed by atoms with Gasteiger partial charge in [0.05, 0.1) is 5.69 Å². The molecule has 2 N–H and O–H groups in total. The quantitative estimate of drug-likeness (QED) is 0.720. The number of amides is 1. The molecule has 0 fully saturated rings. The number of rotatable bonds is 5. The lowest BCUT2D eigenvalue weighted by Gasteiger charge is -2.35. The van der Waals surface area contributed by atoms with Crippen LogP contribution in [0, 0.1) is 11.6 Å². The molecule has 0 saturated heterocycles. The van der Waals surface area contributed by atoms with E-state index in [0.29, 0.717) is 12.0 Å². The highest BCUT2D eigenvalue weighted by Crippen LogP contribution is 2.42. The van der Waals surface area contributed by atoms with Gasteiger partial charge in [0.1, 0.15) is 18.4 Å². The second kappa shape index (κ2) is 7.25. The number of aromatic nitrogens is 2. The van der Waals surface area contributed by atoms with Crippen molar-refractivity contribution in [1.82, 2.24) is 9.78 Å². The summed E-state index contributed by atoms with van der Waals surface area (Å²) >= 11 is 0. The molecule has 0 saturated carbocycles. The Morgan fingerprint density at radius 2 is 1.66 bits per heavy atom. The van der Waals surface area contributed by atoms with Gasteiger partial charge in [-0.3, -0.25) is 4.79 Å². The molecule has 1 heterocycles. The van der Waals surface area contributed by atoms with Gasteiger partial charge in [-0.25, -0.2) is 13.5 Å². The summed E-state index contributed by atoms with van der Waals surface area (Å²) in [6, 6.07) is 12.4. The number of fused-ring (bicyclic) bond motifs is 1. The third kappa shape index (κ3) is 3.23. The third-order valence-electron chi connectivity index (χ3n) is 5.28. The summed E-state index contributed by atoms with van der Waals surface area (Å²) in [5.74, 6) is -1.32. The first-order valence-corrected chi connectivity index (χ1v) is 9.04. The number of benzene rings is 2. The molecule has 1 amide bonds. The summed E-state index contributed by atoms with van der Waals surface area (Å²) in [4.78, 5) is 11.9. The smallest absolute Gasteiger partial charge is 0.269 e. The van der Waals surface area contributed by atoms with Gasteiger partial charge in [0.2, 0.25) is 0 Å². The number of primary amides is 1. The van der Waals surface area contributed by atoms with Gasteiger partial charge in [0.15, 0.2) is 5.69 Å². The Morgan fingerprint density at radius 3 is 2.14 bits per heavy atom. The van der Waals surface area contributed by atoms with Gasteiger partial charge < -0.3 is 10.5 Å². The maximum atomic E-state index is 13.6. The van der Waals surface area contributed by atoms with E-state index in [0.717, 1.165) is 16.8 Å². The summed E-state index contributed by atoms with van der Waals surface area (Å²) in [7, 11) is 1.53. The largest absolute Gasteiger partial charge is 0.364 e. The molecule has 4 rings (SSSR count). The predicted molar refractivity (Wildman–Crippen MR) is 104 cm³/mol. The molecule has 0 aliphatic heterocycles. The van der Waals surface area contributed by atoms with Crippen molar-refractivity contribution in [3.05, 3.63) is 94.3 Å². The molecule has 1 aliphatic carbocycles. The van der Waals surface area contributed by atoms with Crippen LogP contribution in [0.1, 0.15) is 32.9 Å². The van der Waals surface area contributed by atoms with Crippen LogP contribution in [0.2, 0.25) is 0 Å². The number of nitrogens with zero attached hydrogens (tertiary/aromatic N) is 2. The van der Waals surface area contributed by atoms with Crippen LogP contribution in [0.15, 0.2) is 54.6 Å². The standard InChI is InChI=1S/C22H19F2N3O2/c1-29-13-27-19-12-22(14-2-6-16(23)7-3-14,15-4-8-17(24)9-5-15)11-10-18(19)20(26-27)21(25)28/h2-11H,12-13H2,1H3,(H2,25,28). The van der Waals surface area contributed by atoms with E-state index >= 15 is 0 Å². The maximum absolute atomic E-state index is 13.6. The number of halogens is 2. The number of hydrogen-bond donors (Lipinski definition) is 1. The zero-order valence-corrected chi connectivity index (χ0v) is 15.7. The number of allylic oxidation sites excluding steroid dienone is 1. The minimum Gasteiger partial charge on any atom is -0.364 e. The van der Waals surface area contributed by atoms with E-state index in [9.17, 15) is 13.6 Å². The topological polar surface area (TPSA) is 70.1 Å². The Balaban J connectivity index is 1.93. The zero-order valence-electron chi connectivity index (χ0n) is 15.7. The van der Waals surface area contributed by atoms with Crippen LogP contribution >= 0.6 is 0 Å². The summed E-state index contributed by atoms with van der Waals surface area (Å²) in [5, 5.41) is 4.31. The summed E-state index contributed by atoms with van der Waals surface area (Å²) < 4.78 is 34.0. The lowest BCUT2D eigenvalue weighted by atomic mass is 9.68. The average molecular weight is 395 g/mol. The Hall–Kier alpha value is -3.32. The highest BCUT2D eigenvalue weighted by atomic mass is 19.1. The summed E-state index contributed by atoms with van der Waals surface area (Å²) in [6.07, 6.45) is 4.14. The van der Waals surface area contributed by atoms with Crippen LogP contribution in [0.25, 0.3) is 6.08 Å². The van der Waals surface area contributed by atoms with E-state index in [4.69, 9.17) is 10.5 Å². The number of carbonyl (C=O) groups is 1. The highest BCUT2D eigenvalue weighted by molar-refractivity contribution is 5.95. The van der Waals surface area contributed by atoms with Crippen LogP contribution in [0.5, 0.6) is 0 Å². The van der Waals surface area contributed by atoms with Gasteiger partial charge in [-0.1, -0.05) is 36.4 Å². The minimum absolute atomic E-state index is 0.145. The van der Waals surface area contributed by atoms with E-state index in [-0.39, 0.29) is 24.1 Å². The van der Waals surface area contributed by atoms with Crippen molar-refractivity contribution >= 4 is 12.0 Å².